The lowest BCUT2D eigenvalue weighted by molar-refractivity contribution is 0.101. The van der Waals surface area contributed by atoms with Crippen LogP contribution in [0.4, 0.5) is 0 Å². The summed E-state index contributed by atoms with van der Waals surface area (Å²) < 4.78 is 4.83. The number of aromatic hydroxyl groups is 1. The number of benzene rings is 1. The van der Waals surface area contributed by atoms with Crippen LogP contribution in [0.2, 0.25) is 5.02 Å². The zero-order valence-corrected chi connectivity index (χ0v) is 8.05. The highest BCUT2D eigenvalue weighted by Gasteiger charge is 2.14. The van der Waals surface area contributed by atoms with Crippen molar-refractivity contribution in [2.24, 2.45) is 0 Å². The first-order chi connectivity index (χ1) is 6.07. The fourth-order valence-electron chi connectivity index (χ4n) is 1.02. The van der Waals surface area contributed by atoms with Gasteiger partial charge >= 0.3 is 0 Å². The first kappa shape index (κ1) is 9.86. The molecular weight excluding hydrogens is 192 g/mol. The number of Topliss-reactive ketones (excluding diaryl/α,β-unsaturated/α-hetero) is 1. The highest BCUT2D eigenvalue weighted by Crippen LogP contribution is 2.36. The van der Waals surface area contributed by atoms with E-state index < -0.39 is 0 Å². The van der Waals surface area contributed by atoms with Gasteiger partial charge in [0, 0.05) is 0 Å². The summed E-state index contributed by atoms with van der Waals surface area (Å²) in [6.07, 6.45) is 0. The molecule has 0 amide bonds. The average molecular weight is 201 g/mol. The van der Waals surface area contributed by atoms with Crippen molar-refractivity contribution >= 4 is 17.4 Å². The first-order valence-electron chi connectivity index (χ1n) is 3.64. The van der Waals surface area contributed by atoms with Crippen LogP contribution in [0.3, 0.4) is 0 Å². The van der Waals surface area contributed by atoms with Gasteiger partial charge in [-0.2, -0.15) is 0 Å². The summed E-state index contributed by atoms with van der Waals surface area (Å²) >= 11 is 5.71. The molecule has 0 spiro atoms. The van der Waals surface area contributed by atoms with E-state index in [0.29, 0.717) is 0 Å². The lowest BCUT2D eigenvalue weighted by Gasteiger charge is -2.07. The number of rotatable bonds is 2. The fourth-order valence-corrected chi connectivity index (χ4v) is 1.25. The van der Waals surface area contributed by atoms with Gasteiger partial charge < -0.3 is 9.84 Å². The van der Waals surface area contributed by atoms with Crippen molar-refractivity contribution in [1.29, 1.82) is 0 Å². The molecule has 0 aliphatic rings. The van der Waals surface area contributed by atoms with E-state index in [1.54, 1.807) is 0 Å². The Morgan fingerprint density at radius 2 is 2.15 bits per heavy atom. The van der Waals surface area contributed by atoms with Crippen molar-refractivity contribution in [3.63, 3.8) is 0 Å². The van der Waals surface area contributed by atoms with Gasteiger partial charge in [-0.05, 0) is 19.1 Å². The van der Waals surface area contributed by atoms with Crippen LogP contribution in [0.1, 0.15) is 17.3 Å². The van der Waals surface area contributed by atoms with Crippen LogP contribution in [-0.4, -0.2) is 18.0 Å². The van der Waals surface area contributed by atoms with E-state index in [9.17, 15) is 9.90 Å². The standard InChI is InChI=1S/C9H9ClO3/c1-5(11)6-3-4-7(10)9(13-2)8(6)12/h3-4,12H,1-2H3. The molecule has 0 bridgehead atoms. The largest absolute Gasteiger partial charge is 0.504 e. The van der Waals surface area contributed by atoms with Crippen molar-refractivity contribution in [1.82, 2.24) is 0 Å². The molecule has 0 saturated carbocycles. The maximum atomic E-state index is 11.0. The molecule has 0 fully saturated rings. The summed E-state index contributed by atoms with van der Waals surface area (Å²) in [5, 5.41) is 9.79. The molecule has 1 aromatic rings. The van der Waals surface area contributed by atoms with E-state index in [1.807, 2.05) is 0 Å². The number of carbonyl (C=O) groups is 1. The monoisotopic (exact) mass is 200 g/mol. The van der Waals surface area contributed by atoms with Crippen LogP contribution in [0.15, 0.2) is 12.1 Å². The van der Waals surface area contributed by atoms with E-state index in [1.165, 1.54) is 26.2 Å². The predicted octanol–water partition coefficient (Wildman–Crippen LogP) is 2.26. The van der Waals surface area contributed by atoms with E-state index >= 15 is 0 Å². The zero-order chi connectivity index (χ0) is 10.0. The third-order valence-electron chi connectivity index (χ3n) is 1.67. The third-order valence-corrected chi connectivity index (χ3v) is 1.96. The van der Waals surface area contributed by atoms with Gasteiger partial charge in [0.05, 0.1) is 17.7 Å². The second-order valence-electron chi connectivity index (χ2n) is 2.53. The number of carbonyl (C=O) groups excluding carboxylic acids is 1. The molecule has 0 aliphatic carbocycles. The van der Waals surface area contributed by atoms with Crippen molar-refractivity contribution in [3.8, 4) is 11.5 Å². The van der Waals surface area contributed by atoms with Crippen molar-refractivity contribution in [2.45, 2.75) is 6.92 Å². The third kappa shape index (κ3) is 1.75. The first-order valence-corrected chi connectivity index (χ1v) is 4.02. The highest BCUT2D eigenvalue weighted by molar-refractivity contribution is 6.32. The van der Waals surface area contributed by atoms with Crippen LogP contribution >= 0.6 is 11.6 Å². The van der Waals surface area contributed by atoms with Crippen LogP contribution in [-0.2, 0) is 0 Å². The Hall–Kier alpha value is -1.22. The van der Waals surface area contributed by atoms with Crippen molar-refractivity contribution < 1.29 is 14.6 Å². The van der Waals surface area contributed by atoms with Gasteiger partial charge in [-0.1, -0.05) is 11.6 Å². The number of methoxy groups -OCH3 is 1. The highest BCUT2D eigenvalue weighted by atomic mass is 35.5. The molecule has 70 valence electrons. The topological polar surface area (TPSA) is 46.5 Å². The average Bonchev–Trinajstić information content (AvgIpc) is 2.04. The Morgan fingerprint density at radius 3 is 2.62 bits per heavy atom. The fraction of sp³-hybridized carbons (Fsp3) is 0.222. The summed E-state index contributed by atoms with van der Waals surface area (Å²) in [7, 11) is 1.38. The quantitative estimate of drug-likeness (QED) is 0.745. The predicted molar refractivity (Wildman–Crippen MR) is 49.7 cm³/mol. The number of phenols is 1. The second kappa shape index (κ2) is 3.66. The number of hydrogen-bond donors (Lipinski definition) is 1. The molecule has 0 aromatic heterocycles. The minimum atomic E-state index is -0.229. The van der Waals surface area contributed by atoms with Crippen LogP contribution in [0.25, 0.3) is 0 Å². The van der Waals surface area contributed by atoms with Gasteiger partial charge in [-0.25, -0.2) is 0 Å². The molecule has 1 aromatic carbocycles. The molecule has 0 saturated heterocycles. The Balaban J connectivity index is 3.35. The molecular formula is C9H9ClO3. The number of ketones is 1. The molecule has 3 nitrogen and oxygen atoms in total. The van der Waals surface area contributed by atoms with E-state index in [4.69, 9.17) is 16.3 Å². The number of phenolic OH excluding ortho intramolecular Hbond substituents is 1. The Morgan fingerprint density at radius 1 is 1.54 bits per heavy atom. The van der Waals surface area contributed by atoms with Crippen LogP contribution < -0.4 is 4.74 Å². The molecule has 0 aliphatic heterocycles. The maximum absolute atomic E-state index is 11.0. The second-order valence-corrected chi connectivity index (χ2v) is 2.94. The smallest absolute Gasteiger partial charge is 0.179 e. The van der Waals surface area contributed by atoms with E-state index in [-0.39, 0.29) is 27.9 Å². The van der Waals surface area contributed by atoms with Gasteiger partial charge in [-0.3, -0.25) is 4.79 Å². The van der Waals surface area contributed by atoms with E-state index in [2.05, 4.69) is 0 Å². The molecule has 4 heteroatoms. The van der Waals surface area contributed by atoms with Crippen LogP contribution in [0, 0.1) is 0 Å². The molecule has 0 heterocycles. The number of ether oxygens (including phenoxy) is 1. The van der Waals surface area contributed by atoms with Gasteiger partial charge in [0.1, 0.15) is 0 Å². The zero-order valence-electron chi connectivity index (χ0n) is 7.30. The van der Waals surface area contributed by atoms with Crippen molar-refractivity contribution in [3.05, 3.63) is 22.7 Å². The summed E-state index contributed by atoms with van der Waals surface area (Å²) in [4.78, 5) is 11.0. The molecule has 0 atom stereocenters. The minimum absolute atomic E-state index is 0.134. The Kier molecular flexibility index (Phi) is 2.78. The summed E-state index contributed by atoms with van der Waals surface area (Å²) in [6, 6.07) is 2.97. The maximum Gasteiger partial charge on any atom is 0.179 e. The summed E-state index contributed by atoms with van der Waals surface area (Å²) in [5.74, 6) is -0.302. The van der Waals surface area contributed by atoms with Crippen LogP contribution in [0.5, 0.6) is 11.5 Å². The normalized spacial score (nSPS) is 9.77. The SMILES string of the molecule is COc1c(Cl)ccc(C(C)=O)c1O. The van der Waals surface area contributed by atoms with Gasteiger partial charge in [0.2, 0.25) is 0 Å². The van der Waals surface area contributed by atoms with E-state index in [0.717, 1.165) is 0 Å². The van der Waals surface area contributed by atoms with Gasteiger partial charge in [0.15, 0.2) is 17.3 Å². The molecule has 1 N–H and O–H groups in total. The van der Waals surface area contributed by atoms with Gasteiger partial charge in [0.25, 0.3) is 0 Å². The number of halogens is 1. The molecule has 1 rings (SSSR count). The Labute approximate surface area is 80.9 Å². The van der Waals surface area contributed by atoms with Gasteiger partial charge in [-0.15, -0.1) is 0 Å². The molecule has 13 heavy (non-hydrogen) atoms. The lowest BCUT2D eigenvalue weighted by atomic mass is 10.1. The lowest BCUT2D eigenvalue weighted by Crippen LogP contribution is -1.95. The number of hydrogen-bond acceptors (Lipinski definition) is 3. The minimum Gasteiger partial charge on any atom is -0.504 e. The molecule has 0 radical (unpaired) electrons. The molecule has 0 unspecified atom stereocenters. The summed E-state index contributed by atoms with van der Waals surface area (Å²) in [6.45, 7) is 1.36. The Bertz CT molecular complexity index is 347. The summed E-state index contributed by atoms with van der Waals surface area (Å²) in [5.41, 5.74) is 0.209. The van der Waals surface area contributed by atoms with Crippen molar-refractivity contribution in [2.75, 3.05) is 7.11 Å².